The Balaban J connectivity index is 1.78. The van der Waals surface area contributed by atoms with E-state index in [1.807, 2.05) is 6.07 Å². The first-order chi connectivity index (χ1) is 9.76. The zero-order valence-corrected chi connectivity index (χ0v) is 11.6. The Kier molecular flexibility index (Phi) is 3.56. The summed E-state index contributed by atoms with van der Waals surface area (Å²) >= 11 is 1.48. The highest BCUT2D eigenvalue weighted by Gasteiger charge is 2.08. The van der Waals surface area contributed by atoms with E-state index < -0.39 is 0 Å². The van der Waals surface area contributed by atoms with Crippen molar-refractivity contribution >= 4 is 22.8 Å². The van der Waals surface area contributed by atoms with Gasteiger partial charge in [-0.15, -0.1) is 0 Å². The third-order valence-corrected chi connectivity index (χ3v) is 3.73. The number of imidazole rings is 1. The van der Waals surface area contributed by atoms with Gasteiger partial charge in [0.2, 0.25) is 0 Å². The molecule has 0 aliphatic carbocycles. The van der Waals surface area contributed by atoms with Gasteiger partial charge in [0.25, 0.3) is 0 Å². The molecule has 0 spiro atoms. The van der Waals surface area contributed by atoms with Gasteiger partial charge in [0.1, 0.15) is 11.3 Å². The predicted octanol–water partition coefficient (Wildman–Crippen LogP) is 3.40. The number of hydrogen-bond acceptors (Lipinski definition) is 4. The summed E-state index contributed by atoms with van der Waals surface area (Å²) in [7, 11) is 1.62. The Labute approximate surface area is 119 Å². The van der Waals surface area contributed by atoms with Crippen LogP contribution in [0, 0.1) is 5.82 Å². The summed E-state index contributed by atoms with van der Waals surface area (Å²) in [6.45, 7) is 0. The number of para-hydroxylation sites is 1. The second-order valence-electron chi connectivity index (χ2n) is 4.15. The van der Waals surface area contributed by atoms with Crippen LogP contribution in [0.1, 0.15) is 5.69 Å². The fourth-order valence-corrected chi connectivity index (χ4v) is 2.63. The molecule has 0 unspecified atom stereocenters. The lowest BCUT2D eigenvalue weighted by molar-refractivity contribution is 0.413. The van der Waals surface area contributed by atoms with Crippen LogP contribution in [0.15, 0.2) is 41.7 Å². The van der Waals surface area contributed by atoms with Gasteiger partial charge in [-0.2, -0.15) is 0 Å². The second kappa shape index (κ2) is 5.50. The monoisotopic (exact) mass is 289 g/mol. The number of aromatic nitrogens is 3. The minimum Gasteiger partial charge on any atom is -0.497 e. The lowest BCUT2D eigenvalue weighted by atomic mass is 10.3. The molecule has 0 aliphatic rings. The summed E-state index contributed by atoms with van der Waals surface area (Å²) in [6.07, 6.45) is 1.70. The van der Waals surface area contributed by atoms with Gasteiger partial charge in [0, 0.05) is 18.0 Å². The van der Waals surface area contributed by atoms with Crippen molar-refractivity contribution in [3.05, 3.63) is 48.0 Å². The summed E-state index contributed by atoms with van der Waals surface area (Å²) in [4.78, 5) is 11.6. The van der Waals surface area contributed by atoms with E-state index in [2.05, 4.69) is 15.0 Å². The largest absolute Gasteiger partial charge is 0.497 e. The topological polar surface area (TPSA) is 50.8 Å². The second-order valence-corrected chi connectivity index (χ2v) is 5.12. The van der Waals surface area contributed by atoms with Crippen molar-refractivity contribution in [3.63, 3.8) is 0 Å². The van der Waals surface area contributed by atoms with Crippen molar-refractivity contribution in [1.29, 1.82) is 0 Å². The molecule has 1 aromatic carbocycles. The van der Waals surface area contributed by atoms with Crippen molar-refractivity contribution < 1.29 is 9.13 Å². The van der Waals surface area contributed by atoms with Gasteiger partial charge in [-0.05, 0) is 18.2 Å². The van der Waals surface area contributed by atoms with Gasteiger partial charge in [-0.1, -0.05) is 17.8 Å². The van der Waals surface area contributed by atoms with E-state index in [1.165, 1.54) is 17.8 Å². The van der Waals surface area contributed by atoms with Crippen LogP contribution in [-0.2, 0) is 5.75 Å². The van der Waals surface area contributed by atoms with Gasteiger partial charge in [-0.3, -0.25) is 4.98 Å². The normalized spacial score (nSPS) is 10.9. The number of H-pyrrole nitrogens is 1. The van der Waals surface area contributed by atoms with Crippen molar-refractivity contribution in [2.24, 2.45) is 0 Å². The molecule has 102 valence electrons. The number of ether oxygens (including phenoxy) is 1. The molecule has 0 saturated carbocycles. The Morgan fingerprint density at radius 3 is 3.05 bits per heavy atom. The van der Waals surface area contributed by atoms with Crippen molar-refractivity contribution in [1.82, 2.24) is 15.0 Å². The smallest absolute Gasteiger partial charge is 0.166 e. The van der Waals surface area contributed by atoms with E-state index in [0.717, 1.165) is 11.4 Å². The molecular weight excluding hydrogens is 277 g/mol. The van der Waals surface area contributed by atoms with Gasteiger partial charge in [0.05, 0.1) is 18.3 Å². The number of methoxy groups -OCH3 is 1. The molecule has 3 rings (SSSR count). The summed E-state index contributed by atoms with van der Waals surface area (Å²) in [6, 6.07) is 8.54. The molecule has 0 bridgehead atoms. The first kappa shape index (κ1) is 12.9. The van der Waals surface area contributed by atoms with Crippen LogP contribution in [0.3, 0.4) is 0 Å². The number of halogens is 1. The summed E-state index contributed by atoms with van der Waals surface area (Å²) in [5.74, 6) is 1.09. The van der Waals surface area contributed by atoms with E-state index in [-0.39, 0.29) is 5.82 Å². The predicted molar refractivity (Wildman–Crippen MR) is 76.4 cm³/mol. The highest BCUT2D eigenvalue weighted by molar-refractivity contribution is 7.98. The number of benzene rings is 1. The Morgan fingerprint density at radius 2 is 2.25 bits per heavy atom. The van der Waals surface area contributed by atoms with Gasteiger partial charge < -0.3 is 9.72 Å². The summed E-state index contributed by atoms with van der Waals surface area (Å²) < 4.78 is 18.7. The van der Waals surface area contributed by atoms with Crippen LogP contribution in [0.2, 0.25) is 0 Å². The van der Waals surface area contributed by atoms with Crippen LogP contribution in [0.25, 0.3) is 11.0 Å². The number of nitrogens with zero attached hydrogens (tertiary/aromatic N) is 2. The molecular formula is C14H12FN3OS. The van der Waals surface area contributed by atoms with Crippen LogP contribution in [0.4, 0.5) is 4.39 Å². The highest BCUT2D eigenvalue weighted by atomic mass is 32.2. The zero-order chi connectivity index (χ0) is 13.9. The molecule has 2 aromatic heterocycles. The Morgan fingerprint density at radius 1 is 1.35 bits per heavy atom. The number of nitrogens with one attached hydrogen (secondary N) is 1. The van der Waals surface area contributed by atoms with Crippen LogP contribution in [-0.4, -0.2) is 22.1 Å². The molecule has 0 aliphatic heterocycles. The SMILES string of the molecule is COc1ccnc(CSc2nc3c(F)cccc3[nH]2)c1. The zero-order valence-electron chi connectivity index (χ0n) is 10.8. The molecule has 0 saturated heterocycles. The first-order valence-electron chi connectivity index (χ1n) is 6.02. The fourth-order valence-electron chi connectivity index (χ4n) is 1.85. The molecule has 6 heteroatoms. The molecule has 2 heterocycles. The van der Waals surface area contributed by atoms with Crippen molar-refractivity contribution in [3.8, 4) is 5.75 Å². The number of thioether (sulfide) groups is 1. The maximum Gasteiger partial charge on any atom is 0.166 e. The van der Waals surface area contributed by atoms with E-state index in [9.17, 15) is 4.39 Å². The van der Waals surface area contributed by atoms with E-state index >= 15 is 0 Å². The lowest BCUT2D eigenvalue weighted by Crippen LogP contribution is -1.89. The molecule has 0 amide bonds. The van der Waals surface area contributed by atoms with E-state index in [0.29, 0.717) is 21.9 Å². The molecule has 3 aromatic rings. The lowest BCUT2D eigenvalue weighted by Gasteiger charge is -2.02. The number of fused-ring (bicyclic) bond motifs is 1. The average Bonchev–Trinajstić information content (AvgIpc) is 2.90. The standard InChI is InChI=1S/C14H12FN3OS/c1-19-10-5-6-16-9(7-10)8-20-14-17-12-4-2-3-11(15)13(12)18-14/h2-7H,8H2,1H3,(H,17,18). The van der Waals surface area contributed by atoms with Crippen LogP contribution in [0.5, 0.6) is 5.75 Å². The molecule has 1 N–H and O–H groups in total. The van der Waals surface area contributed by atoms with Crippen molar-refractivity contribution in [2.75, 3.05) is 7.11 Å². The maximum absolute atomic E-state index is 13.5. The quantitative estimate of drug-likeness (QED) is 0.748. The van der Waals surface area contributed by atoms with E-state index in [1.54, 1.807) is 31.5 Å². The minimum atomic E-state index is -0.315. The van der Waals surface area contributed by atoms with Gasteiger partial charge in [0.15, 0.2) is 11.0 Å². The van der Waals surface area contributed by atoms with Gasteiger partial charge >= 0.3 is 0 Å². The van der Waals surface area contributed by atoms with Gasteiger partial charge in [-0.25, -0.2) is 9.37 Å². The first-order valence-corrected chi connectivity index (χ1v) is 7.01. The number of aromatic amines is 1. The molecule has 0 radical (unpaired) electrons. The number of rotatable bonds is 4. The minimum absolute atomic E-state index is 0.315. The molecule has 0 atom stereocenters. The number of hydrogen-bond donors (Lipinski definition) is 1. The Bertz CT molecular complexity index is 744. The summed E-state index contributed by atoms with van der Waals surface area (Å²) in [5, 5.41) is 0.676. The third-order valence-electron chi connectivity index (χ3n) is 2.82. The molecule has 20 heavy (non-hydrogen) atoms. The fraction of sp³-hybridized carbons (Fsp3) is 0.143. The molecule has 4 nitrogen and oxygen atoms in total. The number of pyridine rings is 1. The maximum atomic E-state index is 13.5. The molecule has 0 fully saturated rings. The third kappa shape index (κ3) is 2.60. The van der Waals surface area contributed by atoms with Crippen LogP contribution >= 0.6 is 11.8 Å². The summed E-state index contributed by atoms with van der Waals surface area (Å²) in [5.41, 5.74) is 1.95. The Hall–Kier alpha value is -2.08. The highest BCUT2D eigenvalue weighted by Crippen LogP contribution is 2.24. The average molecular weight is 289 g/mol. The van der Waals surface area contributed by atoms with Crippen LogP contribution < -0.4 is 4.74 Å². The van der Waals surface area contributed by atoms with Crippen molar-refractivity contribution in [2.45, 2.75) is 10.9 Å². The van der Waals surface area contributed by atoms with E-state index in [4.69, 9.17) is 4.74 Å².